The number of benzene rings is 1. The maximum absolute atomic E-state index is 4.53. The number of rotatable bonds is 1. The molecule has 1 aliphatic carbocycles. The zero-order valence-electron chi connectivity index (χ0n) is 8.69. The van der Waals surface area contributed by atoms with Gasteiger partial charge in [0.2, 0.25) is 3.83 Å². The van der Waals surface area contributed by atoms with Gasteiger partial charge >= 0.3 is 0 Å². The molecular weight excluding hydrogens is 331 g/mol. The van der Waals surface area contributed by atoms with Crippen LogP contribution in [0.1, 0.15) is 34.9 Å². The van der Waals surface area contributed by atoms with E-state index in [1.807, 2.05) is 0 Å². The summed E-state index contributed by atoms with van der Waals surface area (Å²) in [4.78, 5) is 4.53. The molecule has 1 aliphatic rings. The minimum Gasteiger partial charge on any atom is -0.214 e. The van der Waals surface area contributed by atoms with Crippen molar-refractivity contribution in [1.29, 1.82) is 0 Å². The first kappa shape index (κ1) is 10.7. The third-order valence-corrected chi connectivity index (χ3v) is 4.72. The number of hydrogen-bond donors (Lipinski definition) is 0. The second-order valence-electron chi connectivity index (χ2n) is 4.05. The molecule has 0 N–H and O–H groups in total. The summed E-state index contributed by atoms with van der Waals surface area (Å²) in [7, 11) is 0. The predicted octanol–water partition coefficient (Wildman–Crippen LogP) is 3.61. The van der Waals surface area contributed by atoms with Crippen LogP contribution in [0.2, 0.25) is 0 Å². The molecule has 0 spiro atoms. The van der Waals surface area contributed by atoms with E-state index >= 15 is 0 Å². The van der Waals surface area contributed by atoms with Gasteiger partial charge in [0.25, 0.3) is 0 Å². The van der Waals surface area contributed by atoms with Crippen molar-refractivity contribution in [1.82, 2.24) is 9.36 Å². The highest BCUT2D eigenvalue weighted by Crippen LogP contribution is 2.37. The Bertz CT molecular complexity index is 509. The van der Waals surface area contributed by atoms with Crippen LogP contribution in [0.25, 0.3) is 0 Å². The van der Waals surface area contributed by atoms with Crippen LogP contribution in [0.15, 0.2) is 24.3 Å². The highest BCUT2D eigenvalue weighted by Gasteiger charge is 2.24. The van der Waals surface area contributed by atoms with Crippen LogP contribution in [0.5, 0.6) is 0 Å². The van der Waals surface area contributed by atoms with Crippen molar-refractivity contribution < 1.29 is 0 Å². The van der Waals surface area contributed by atoms with E-state index < -0.39 is 0 Å². The van der Waals surface area contributed by atoms with Gasteiger partial charge in [0.05, 0.1) is 0 Å². The Morgan fingerprint density at radius 2 is 2.19 bits per heavy atom. The fourth-order valence-electron chi connectivity index (χ4n) is 2.37. The molecule has 2 aromatic rings. The van der Waals surface area contributed by atoms with Gasteiger partial charge < -0.3 is 0 Å². The first-order valence-corrected chi connectivity index (χ1v) is 7.27. The fraction of sp³-hybridized carbons (Fsp3) is 0.333. The molecule has 1 aromatic carbocycles. The summed E-state index contributed by atoms with van der Waals surface area (Å²) in [5, 5.41) is 1.18. The first-order chi connectivity index (χ1) is 7.84. The van der Waals surface area contributed by atoms with Gasteiger partial charge in [-0.1, -0.05) is 24.3 Å². The number of nitrogens with zero attached hydrogens (tertiary/aromatic N) is 2. The molecule has 2 nitrogen and oxygen atoms in total. The van der Waals surface area contributed by atoms with E-state index in [2.05, 4.69) is 56.2 Å². The molecule has 0 saturated heterocycles. The average molecular weight is 342 g/mol. The van der Waals surface area contributed by atoms with Crippen LogP contribution in [-0.4, -0.2) is 9.36 Å². The predicted molar refractivity (Wildman–Crippen MR) is 73.8 cm³/mol. The lowest BCUT2D eigenvalue weighted by Gasteiger charge is -2.23. The highest BCUT2D eigenvalue weighted by molar-refractivity contribution is 14.1. The molecule has 0 aliphatic heterocycles. The van der Waals surface area contributed by atoms with Crippen LogP contribution >= 0.6 is 34.1 Å². The number of aromatic nitrogens is 2. The van der Waals surface area contributed by atoms with Crippen LogP contribution < -0.4 is 0 Å². The van der Waals surface area contributed by atoms with Gasteiger partial charge in [0.15, 0.2) is 0 Å². The molecular formula is C12H11IN2S. The zero-order chi connectivity index (χ0) is 11.0. The van der Waals surface area contributed by atoms with Gasteiger partial charge in [-0.3, -0.25) is 0 Å². The molecule has 4 heteroatoms. The largest absolute Gasteiger partial charge is 0.214 e. The Hall–Kier alpha value is -0.490. The lowest BCUT2D eigenvalue weighted by Crippen LogP contribution is -2.10. The van der Waals surface area contributed by atoms with Gasteiger partial charge in [-0.05, 0) is 41.9 Å². The minimum absolute atomic E-state index is 0.478. The monoisotopic (exact) mass is 342 g/mol. The van der Waals surface area contributed by atoms with E-state index in [0.29, 0.717) is 5.92 Å². The third-order valence-electron chi connectivity index (χ3n) is 3.08. The number of fused-ring (bicyclic) bond motifs is 1. The molecule has 82 valence electrons. The van der Waals surface area contributed by atoms with Gasteiger partial charge in [0.1, 0.15) is 5.01 Å². The summed E-state index contributed by atoms with van der Waals surface area (Å²) in [6.45, 7) is 0. The van der Waals surface area contributed by atoms with Gasteiger partial charge in [-0.2, -0.15) is 4.37 Å². The maximum atomic E-state index is 4.53. The number of aryl methyl sites for hydroxylation is 1. The summed E-state index contributed by atoms with van der Waals surface area (Å²) >= 11 is 3.74. The van der Waals surface area contributed by atoms with E-state index in [-0.39, 0.29) is 0 Å². The third kappa shape index (κ3) is 1.88. The SMILES string of the molecule is Ic1nsc(C2CCCc3ccccc32)n1. The van der Waals surface area contributed by atoms with Crippen LogP contribution in [-0.2, 0) is 6.42 Å². The first-order valence-electron chi connectivity index (χ1n) is 5.41. The number of hydrogen-bond acceptors (Lipinski definition) is 3. The Morgan fingerprint density at radius 1 is 1.31 bits per heavy atom. The fourth-order valence-corrected chi connectivity index (χ4v) is 3.80. The molecule has 0 saturated carbocycles. The van der Waals surface area contributed by atoms with E-state index in [9.17, 15) is 0 Å². The Kier molecular flexibility index (Phi) is 2.93. The molecule has 1 atom stereocenters. The second-order valence-corrected chi connectivity index (χ2v) is 5.79. The molecule has 0 amide bonds. The lowest BCUT2D eigenvalue weighted by molar-refractivity contribution is 0.612. The lowest BCUT2D eigenvalue weighted by atomic mass is 9.83. The minimum atomic E-state index is 0.478. The van der Waals surface area contributed by atoms with Crippen LogP contribution in [0.4, 0.5) is 0 Å². The van der Waals surface area contributed by atoms with Crippen molar-refractivity contribution in [2.24, 2.45) is 0 Å². The highest BCUT2D eigenvalue weighted by atomic mass is 127. The smallest absolute Gasteiger partial charge is 0.203 e. The summed E-state index contributed by atoms with van der Waals surface area (Å²) < 4.78 is 5.16. The Balaban J connectivity index is 2.04. The van der Waals surface area contributed by atoms with Crippen molar-refractivity contribution in [2.75, 3.05) is 0 Å². The molecule has 3 rings (SSSR count). The summed E-state index contributed by atoms with van der Waals surface area (Å²) in [5.74, 6) is 0.478. The second kappa shape index (κ2) is 4.41. The normalized spacial score (nSPS) is 19.4. The topological polar surface area (TPSA) is 25.8 Å². The van der Waals surface area contributed by atoms with Crippen molar-refractivity contribution >= 4 is 34.1 Å². The number of halogens is 1. The zero-order valence-corrected chi connectivity index (χ0v) is 11.7. The Morgan fingerprint density at radius 3 is 3.00 bits per heavy atom. The summed E-state index contributed by atoms with van der Waals surface area (Å²) in [6, 6.07) is 8.75. The van der Waals surface area contributed by atoms with Crippen molar-refractivity contribution in [3.63, 3.8) is 0 Å². The van der Waals surface area contributed by atoms with Gasteiger partial charge in [-0.15, -0.1) is 0 Å². The van der Waals surface area contributed by atoms with Crippen LogP contribution in [0.3, 0.4) is 0 Å². The standard InChI is InChI=1S/C12H11IN2S/c13-12-14-11(16-15-12)10-7-3-5-8-4-1-2-6-9(8)10/h1-2,4,6,10H,3,5,7H2. The van der Waals surface area contributed by atoms with Crippen molar-refractivity contribution in [3.05, 3.63) is 44.2 Å². The van der Waals surface area contributed by atoms with Gasteiger partial charge in [-0.25, -0.2) is 4.98 Å². The van der Waals surface area contributed by atoms with E-state index in [1.165, 1.54) is 35.4 Å². The molecule has 0 radical (unpaired) electrons. The van der Waals surface area contributed by atoms with Crippen LogP contribution in [0, 0.1) is 3.83 Å². The van der Waals surface area contributed by atoms with E-state index in [0.717, 1.165) is 3.83 Å². The molecule has 1 aromatic heterocycles. The average Bonchev–Trinajstić information content (AvgIpc) is 2.75. The quantitative estimate of drug-likeness (QED) is 0.740. The molecule has 1 unspecified atom stereocenters. The molecule has 0 fully saturated rings. The van der Waals surface area contributed by atoms with E-state index in [4.69, 9.17) is 0 Å². The molecule has 16 heavy (non-hydrogen) atoms. The summed E-state index contributed by atoms with van der Waals surface area (Å²) in [6.07, 6.45) is 3.68. The van der Waals surface area contributed by atoms with Gasteiger partial charge in [0, 0.05) is 28.5 Å². The molecule has 0 bridgehead atoms. The Labute approximate surface area is 112 Å². The maximum Gasteiger partial charge on any atom is 0.203 e. The van der Waals surface area contributed by atoms with Crippen molar-refractivity contribution in [2.45, 2.75) is 25.2 Å². The summed E-state index contributed by atoms with van der Waals surface area (Å²) in [5.41, 5.74) is 2.95. The van der Waals surface area contributed by atoms with E-state index in [1.54, 1.807) is 11.5 Å². The molecule has 1 heterocycles. The van der Waals surface area contributed by atoms with Crippen molar-refractivity contribution in [3.8, 4) is 0 Å².